The van der Waals surface area contributed by atoms with Crippen LogP contribution in [0.5, 0.6) is 0 Å². The van der Waals surface area contributed by atoms with Gasteiger partial charge in [-0.3, -0.25) is 4.79 Å². The number of amides is 1. The van der Waals surface area contributed by atoms with Gasteiger partial charge in [0.25, 0.3) is 0 Å². The van der Waals surface area contributed by atoms with E-state index in [4.69, 9.17) is 0 Å². The maximum absolute atomic E-state index is 13.3. The molecule has 1 saturated carbocycles. The van der Waals surface area contributed by atoms with Crippen molar-refractivity contribution in [1.82, 2.24) is 5.32 Å². The summed E-state index contributed by atoms with van der Waals surface area (Å²) in [6.07, 6.45) is 2.16. The normalized spacial score (nSPS) is 16.1. The SMILES string of the molecule is O=C(Cc1cccs1)NC1(c2cccc(F)c2)CC1. The number of rotatable bonds is 4. The van der Waals surface area contributed by atoms with E-state index in [1.165, 1.54) is 12.1 Å². The lowest BCUT2D eigenvalue weighted by Gasteiger charge is -2.17. The molecule has 0 spiro atoms. The quantitative estimate of drug-likeness (QED) is 0.912. The Morgan fingerprint density at radius 2 is 2.16 bits per heavy atom. The molecule has 1 aliphatic rings. The first-order valence-electron chi connectivity index (χ1n) is 6.27. The summed E-state index contributed by atoms with van der Waals surface area (Å²) in [6, 6.07) is 10.4. The van der Waals surface area contributed by atoms with Crippen LogP contribution in [-0.4, -0.2) is 5.91 Å². The fraction of sp³-hybridized carbons (Fsp3) is 0.267. The Morgan fingerprint density at radius 1 is 1.32 bits per heavy atom. The van der Waals surface area contributed by atoms with E-state index in [0.717, 1.165) is 23.3 Å². The minimum absolute atomic E-state index is 0.00390. The number of carbonyl (C=O) groups excluding carboxylic acids is 1. The van der Waals surface area contributed by atoms with Crippen molar-refractivity contribution in [1.29, 1.82) is 0 Å². The van der Waals surface area contributed by atoms with E-state index >= 15 is 0 Å². The lowest BCUT2D eigenvalue weighted by atomic mass is 10.0. The molecule has 1 N–H and O–H groups in total. The van der Waals surface area contributed by atoms with Crippen molar-refractivity contribution >= 4 is 17.2 Å². The van der Waals surface area contributed by atoms with Crippen molar-refractivity contribution in [3.05, 3.63) is 58.0 Å². The molecule has 0 saturated heterocycles. The van der Waals surface area contributed by atoms with Crippen LogP contribution in [0.2, 0.25) is 0 Å². The summed E-state index contributed by atoms with van der Waals surface area (Å²) in [5, 5.41) is 5.01. The van der Waals surface area contributed by atoms with Gasteiger partial charge in [0.2, 0.25) is 5.91 Å². The van der Waals surface area contributed by atoms with Crippen LogP contribution >= 0.6 is 11.3 Å². The number of carbonyl (C=O) groups is 1. The molecule has 98 valence electrons. The van der Waals surface area contributed by atoms with Crippen molar-refractivity contribution in [2.45, 2.75) is 24.8 Å². The van der Waals surface area contributed by atoms with Gasteiger partial charge in [-0.1, -0.05) is 18.2 Å². The summed E-state index contributed by atoms with van der Waals surface area (Å²) in [6.45, 7) is 0. The van der Waals surface area contributed by atoms with Crippen molar-refractivity contribution < 1.29 is 9.18 Å². The highest BCUT2D eigenvalue weighted by atomic mass is 32.1. The predicted octanol–water partition coefficient (Wildman–Crippen LogP) is 3.24. The number of benzene rings is 1. The van der Waals surface area contributed by atoms with Gasteiger partial charge in [-0.05, 0) is 42.0 Å². The molecule has 0 unspecified atom stereocenters. The molecule has 1 amide bonds. The molecule has 3 rings (SSSR count). The summed E-state index contributed by atoms with van der Waals surface area (Å²) in [7, 11) is 0. The number of thiophene rings is 1. The highest BCUT2D eigenvalue weighted by Gasteiger charge is 2.45. The van der Waals surface area contributed by atoms with E-state index in [1.807, 2.05) is 23.6 Å². The standard InChI is InChI=1S/C15H14FNOS/c16-12-4-1-3-11(9-12)15(6-7-15)17-14(18)10-13-5-2-8-19-13/h1-5,8-9H,6-7,10H2,(H,17,18). The molecule has 0 aliphatic heterocycles. The Kier molecular flexibility index (Phi) is 3.11. The fourth-order valence-corrected chi connectivity index (χ4v) is 2.98. The zero-order chi connectivity index (χ0) is 13.3. The van der Waals surface area contributed by atoms with Crippen LogP contribution in [-0.2, 0) is 16.8 Å². The first-order chi connectivity index (χ1) is 9.18. The maximum atomic E-state index is 13.3. The van der Waals surface area contributed by atoms with Gasteiger partial charge in [-0.25, -0.2) is 4.39 Å². The summed E-state index contributed by atoms with van der Waals surface area (Å²) < 4.78 is 13.3. The lowest BCUT2D eigenvalue weighted by Crippen LogP contribution is -2.35. The second-order valence-corrected chi connectivity index (χ2v) is 5.93. The topological polar surface area (TPSA) is 29.1 Å². The van der Waals surface area contributed by atoms with Crippen molar-refractivity contribution in [2.24, 2.45) is 0 Å². The third-order valence-corrected chi connectivity index (χ3v) is 4.30. The van der Waals surface area contributed by atoms with Crippen molar-refractivity contribution in [2.75, 3.05) is 0 Å². The van der Waals surface area contributed by atoms with Crippen LogP contribution in [0, 0.1) is 5.82 Å². The van der Waals surface area contributed by atoms with E-state index in [0.29, 0.717) is 6.42 Å². The second-order valence-electron chi connectivity index (χ2n) is 4.90. The highest BCUT2D eigenvalue weighted by molar-refractivity contribution is 7.10. The molecule has 1 fully saturated rings. The number of halogens is 1. The minimum Gasteiger partial charge on any atom is -0.346 e. The first kappa shape index (κ1) is 12.4. The lowest BCUT2D eigenvalue weighted by molar-refractivity contribution is -0.121. The molecule has 4 heteroatoms. The Balaban J connectivity index is 1.70. The van der Waals surface area contributed by atoms with Gasteiger partial charge in [-0.15, -0.1) is 11.3 Å². The minimum atomic E-state index is -0.337. The summed E-state index contributed by atoms with van der Waals surface area (Å²) in [4.78, 5) is 13.1. The molecular weight excluding hydrogens is 261 g/mol. The van der Waals surface area contributed by atoms with Gasteiger partial charge < -0.3 is 5.32 Å². The van der Waals surface area contributed by atoms with Crippen LogP contribution in [0.4, 0.5) is 4.39 Å². The Bertz CT molecular complexity index is 590. The molecule has 0 atom stereocenters. The van der Waals surface area contributed by atoms with Crippen LogP contribution < -0.4 is 5.32 Å². The van der Waals surface area contributed by atoms with E-state index in [-0.39, 0.29) is 17.3 Å². The smallest absolute Gasteiger partial charge is 0.225 e. The molecule has 1 heterocycles. The van der Waals surface area contributed by atoms with Crippen molar-refractivity contribution in [3.8, 4) is 0 Å². The number of hydrogen-bond acceptors (Lipinski definition) is 2. The van der Waals surface area contributed by atoms with Crippen LogP contribution in [0.1, 0.15) is 23.3 Å². The maximum Gasteiger partial charge on any atom is 0.225 e. The molecule has 19 heavy (non-hydrogen) atoms. The average molecular weight is 275 g/mol. The van der Waals surface area contributed by atoms with Crippen LogP contribution in [0.15, 0.2) is 41.8 Å². The Morgan fingerprint density at radius 3 is 2.79 bits per heavy atom. The van der Waals surface area contributed by atoms with Crippen molar-refractivity contribution in [3.63, 3.8) is 0 Å². The van der Waals surface area contributed by atoms with Gasteiger partial charge >= 0.3 is 0 Å². The zero-order valence-corrected chi connectivity index (χ0v) is 11.2. The fourth-order valence-electron chi connectivity index (χ4n) is 2.28. The van der Waals surface area contributed by atoms with Crippen LogP contribution in [0.25, 0.3) is 0 Å². The molecule has 2 aromatic rings. The monoisotopic (exact) mass is 275 g/mol. The molecule has 0 bridgehead atoms. The van der Waals surface area contributed by atoms with Gasteiger partial charge in [0.05, 0.1) is 12.0 Å². The van der Waals surface area contributed by atoms with E-state index in [2.05, 4.69) is 5.32 Å². The van der Waals surface area contributed by atoms with Crippen LogP contribution in [0.3, 0.4) is 0 Å². The van der Waals surface area contributed by atoms with Gasteiger partial charge in [0.1, 0.15) is 5.82 Å². The highest BCUT2D eigenvalue weighted by Crippen LogP contribution is 2.45. The largest absolute Gasteiger partial charge is 0.346 e. The number of hydrogen-bond donors (Lipinski definition) is 1. The van der Waals surface area contributed by atoms with Gasteiger partial charge in [0, 0.05) is 4.88 Å². The Labute approximate surface area is 115 Å². The zero-order valence-electron chi connectivity index (χ0n) is 10.4. The summed E-state index contributed by atoms with van der Waals surface area (Å²) in [5.74, 6) is -0.250. The molecule has 1 aromatic heterocycles. The molecule has 0 radical (unpaired) electrons. The third-order valence-electron chi connectivity index (χ3n) is 3.42. The van der Waals surface area contributed by atoms with E-state index in [9.17, 15) is 9.18 Å². The molecular formula is C15H14FNOS. The first-order valence-corrected chi connectivity index (χ1v) is 7.15. The average Bonchev–Trinajstić information content (AvgIpc) is 2.97. The molecule has 1 aromatic carbocycles. The van der Waals surface area contributed by atoms with E-state index in [1.54, 1.807) is 17.4 Å². The summed E-state index contributed by atoms with van der Waals surface area (Å²) >= 11 is 1.58. The molecule has 2 nitrogen and oxygen atoms in total. The van der Waals surface area contributed by atoms with Gasteiger partial charge in [-0.2, -0.15) is 0 Å². The summed E-state index contributed by atoms with van der Waals surface area (Å²) in [5.41, 5.74) is 0.531. The third kappa shape index (κ3) is 2.68. The predicted molar refractivity (Wildman–Crippen MR) is 73.5 cm³/mol. The number of nitrogens with one attached hydrogen (secondary N) is 1. The van der Waals surface area contributed by atoms with E-state index < -0.39 is 0 Å². The van der Waals surface area contributed by atoms with Gasteiger partial charge in [0.15, 0.2) is 0 Å². The second kappa shape index (κ2) is 4.78. The molecule has 1 aliphatic carbocycles. The Hall–Kier alpha value is -1.68.